The molecular formula is C15H21N5O3S. The molecule has 24 heavy (non-hydrogen) atoms. The van der Waals surface area contributed by atoms with Gasteiger partial charge in [-0.15, -0.1) is 0 Å². The SMILES string of the molecule is COCCc1noc([C@H](C)NC(=O)CC2=CSC3=NCCCN23)n1. The van der Waals surface area contributed by atoms with Crippen LogP contribution in [0.25, 0.3) is 0 Å². The van der Waals surface area contributed by atoms with Crippen molar-refractivity contribution in [3.63, 3.8) is 0 Å². The van der Waals surface area contributed by atoms with E-state index in [4.69, 9.17) is 9.26 Å². The molecule has 1 aromatic heterocycles. The summed E-state index contributed by atoms with van der Waals surface area (Å²) in [6, 6.07) is -0.328. The molecular weight excluding hydrogens is 330 g/mol. The number of rotatable bonds is 7. The second kappa shape index (κ2) is 7.80. The second-order valence-electron chi connectivity index (χ2n) is 5.65. The van der Waals surface area contributed by atoms with Crippen molar-refractivity contribution in [1.82, 2.24) is 20.4 Å². The Kier molecular flexibility index (Phi) is 5.52. The van der Waals surface area contributed by atoms with E-state index in [-0.39, 0.29) is 11.9 Å². The Morgan fingerprint density at radius 1 is 1.58 bits per heavy atom. The van der Waals surface area contributed by atoms with E-state index < -0.39 is 0 Å². The van der Waals surface area contributed by atoms with Crippen molar-refractivity contribution in [2.45, 2.75) is 32.2 Å². The molecule has 3 heterocycles. The first-order chi connectivity index (χ1) is 11.7. The molecule has 0 fully saturated rings. The number of hydrogen-bond acceptors (Lipinski definition) is 8. The Hall–Kier alpha value is -1.87. The van der Waals surface area contributed by atoms with Gasteiger partial charge in [-0.3, -0.25) is 9.79 Å². The quantitative estimate of drug-likeness (QED) is 0.795. The third kappa shape index (κ3) is 3.96. The van der Waals surface area contributed by atoms with Crippen LogP contribution in [0.1, 0.15) is 37.5 Å². The van der Waals surface area contributed by atoms with E-state index in [2.05, 4.69) is 25.3 Å². The van der Waals surface area contributed by atoms with Crippen LogP contribution in [0.3, 0.4) is 0 Å². The van der Waals surface area contributed by atoms with Gasteiger partial charge in [0.05, 0.1) is 13.0 Å². The fourth-order valence-electron chi connectivity index (χ4n) is 2.53. The lowest BCUT2D eigenvalue weighted by Crippen LogP contribution is -2.33. The molecule has 0 saturated carbocycles. The normalized spacial score (nSPS) is 18.0. The van der Waals surface area contributed by atoms with Crippen LogP contribution < -0.4 is 5.32 Å². The van der Waals surface area contributed by atoms with Crippen molar-refractivity contribution in [2.24, 2.45) is 4.99 Å². The van der Waals surface area contributed by atoms with Crippen molar-refractivity contribution >= 4 is 22.8 Å². The second-order valence-corrected chi connectivity index (χ2v) is 6.49. The molecule has 1 amide bonds. The minimum atomic E-state index is -0.328. The van der Waals surface area contributed by atoms with Gasteiger partial charge in [-0.05, 0) is 18.8 Å². The third-order valence-corrected chi connectivity index (χ3v) is 4.72. The van der Waals surface area contributed by atoms with E-state index in [0.717, 1.165) is 30.4 Å². The summed E-state index contributed by atoms with van der Waals surface area (Å²) >= 11 is 1.58. The minimum Gasteiger partial charge on any atom is -0.384 e. The summed E-state index contributed by atoms with van der Waals surface area (Å²) in [7, 11) is 1.62. The molecule has 1 N–H and O–H groups in total. The van der Waals surface area contributed by atoms with E-state index in [1.165, 1.54) is 0 Å². The van der Waals surface area contributed by atoms with Crippen LogP contribution in [-0.4, -0.2) is 52.9 Å². The highest BCUT2D eigenvalue weighted by molar-refractivity contribution is 8.16. The van der Waals surface area contributed by atoms with Crippen molar-refractivity contribution in [3.8, 4) is 0 Å². The Labute approximate surface area is 144 Å². The van der Waals surface area contributed by atoms with Crippen molar-refractivity contribution in [2.75, 3.05) is 26.8 Å². The number of carbonyl (C=O) groups excluding carboxylic acids is 1. The molecule has 0 unspecified atom stereocenters. The first kappa shape index (κ1) is 17.0. The molecule has 8 nitrogen and oxygen atoms in total. The summed E-state index contributed by atoms with van der Waals surface area (Å²) in [6.07, 6.45) is 1.93. The number of aliphatic imine (C=N–C) groups is 1. The lowest BCUT2D eigenvalue weighted by Gasteiger charge is -2.25. The number of ether oxygens (including phenoxy) is 1. The lowest BCUT2D eigenvalue weighted by molar-refractivity contribution is -0.121. The van der Waals surface area contributed by atoms with Crippen LogP contribution in [0.2, 0.25) is 0 Å². The highest BCUT2D eigenvalue weighted by Crippen LogP contribution is 2.30. The van der Waals surface area contributed by atoms with E-state index >= 15 is 0 Å². The fraction of sp³-hybridized carbons (Fsp3) is 0.600. The van der Waals surface area contributed by atoms with Gasteiger partial charge >= 0.3 is 0 Å². The van der Waals surface area contributed by atoms with Gasteiger partial charge in [0.25, 0.3) is 0 Å². The number of nitrogens with zero attached hydrogens (tertiary/aromatic N) is 4. The zero-order valence-corrected chi connectivity index (χ0v) is 14.6. The molecule has 3 rings (SSSR count). The molecule has 0 radical (unpaired) electrons. The summed E-state index contributed by atoms with van der Waals surface area (Å²) in [6.45, 7) is 4.15. The van der Waals surface area contributed by atoms with Crippen molar-refractivity contribution < 1.29 is 14.1 Å². The van der Waals surface area contributed by atoms with Gasteiger partial charge in [-0.1, -0.05) is 16.9 Å². The molecule has 1 atom stereocenters. The van der Waals surface area contributed by atoms with E-state index in [1.54, 1.807) is 18.9 Å². The molecule has 2 aliphatic rings. The molecule has 2 aliphatic heterocycles. The average molecular weight is 351 g/mol. The van der Waals surface area contributed by atoms with Crippen LogP contribution in [0.5, 0.6) is 0 Å². The van der Waals surface area contributed by atoms with Crippen molar-refractivity contribution in [1.29, 1.82) is 0 Å². The average Bonchev–Trinajstić information content (AvgIpc) is 3.20. The standard InChI is InChI=1S/C15H21N5O3S/c1-10(14-18-12(19-23-14)4-7-22-2)17-13(21)8-11-9-24-15-16-5-3-6-20(11)15/h9-10H,3-8H2,1-2H3,(H,17,21)/t10-/m0/s1. The van der Waals surface area contributed by atoms with Gasteiger partial charge < -0.3 is 19.5 Å². The lowest BCUT2D eigenvalue weighted by atomic mass is 10.2. The van der Waals surface area contributed by atoms with Crippen LogP contribution in [0.15, 0.2) is 20.6 Å². The van der Waals surface area contributed by atoms with Crippen LogP contribution in [-0.2, 0) is 16.0 Å². The number of amides is 1. The molecule has 0 bridgehead atoms. The van der Waals surface area contributed by atoms with Gasteiger partial charge in [0.15, 0.2) is 11.0 Å². The maximum atomic E-state index is 12.3. The van der Waals surface area contributed by atoms with E-state index in [1.807, 2.05) is 12.3 Å². The largest absolute Gasteiger partial charge is 0.384 e. The summed E-state index contributed by atoms with van der Waals surface area (Å²) in [5.41, 5.74) is 0.995. The predicted molar refractivity (Wildman–Crippen MR) is 90.4 cm³/mol. The van der Waals surface area contributed by atoms with Gasteiger partial charge in [0, 0.05) is 32.3 Å². The number of fused-ring (bicyclic) bond motifs is 1. The highest BCUT2D eigenvalue weighted by Gasteiger charge is 2.27. The molecule has 0 aromatic carbocycles. The number of carbonyl (C=O) groups is 1. The molecule has 0 spiro atoms. The number of amidine groups is 1. The molecule has 130 valence electrons. The molecule has 1 aromatic rings. The summed E-state index contributed by atoms with van der Waals surface area (Å²) < 4.78 is 10.2. The van der Waals surface area contributed by atoms with Gasteiger partial charge in [-0.25, -0.2) is 0 Å². The van der Waals surface area contributed by atoms with E-state index in [0.29, 0.717) is 31.2 Å². The molecule has 9 heteroatoms. The van der Waals surface area contributed by atoms with Crippen LogP contribution >= 0.6 is 11.8 Å². The predicted octanol–water partition coefficient (Wildman–Crippen LogP) is 1.48. The maximum Gasteiger partial charge on any atom is 0.248 e. The topological polar surface area (TPSA) is 92.9 Å². The smallest absolute Gasteiger partial charge is 0.248 e. The van der Waals surface area contributed by atoms with Gasteiger partial charge in [-0.2, -0.15) is 4.98 Å². The van der Waals surface area contributed by atoms with Gasteiger partial charge in [0.1, 0.15) is 6.04 Å². The molecule has 0 aliphatic carbocycles. The zero-order chi connectivity index (χ0) is 16.9. The summed E-state index contributed by atoms with van der Waals surface area (Å²) in [4.78, 5) is 23.2. The Balaban J connectivity index is 1.52. The summed E-state index contributed by atoms with van der Waals surface area (Å²) in [5, 5.41) is 9.79. The summed E-state index contributed by atoms with van der Waals surface area (Å²) in [5.74, 6) is 0.916. The Morgan fingerprint density at radius 2 is 2.46 bits per heavy atom. The Bertz CT molecular complexity index is 657. The Morgan fingerprint density at radius 3 is 3.29 bits per heavy atom. The third-order valence-electron chi connectivity index (χ3n) is 3.77. The van der Waals surface area contributed by atoms with Gasteiger partial charge in [0.2, 0.25) is 11.8 Å². The van der Waals surface area contributed by atoms with Crippen LogP contribution in [0, 0.1) is 0 Å². The zero-order valence-electron chi connectivity index (χ0n) is 13.8. The number of nitrogens with one attached hydrogen (secondary N) is 1. The fourth-order valence-corrected chi connectivity index (χ4v) is 3.48. The minimum absolute atomic E-state index is 0.0715. The highest BCUT2D eigenvalue weighted by atomic mass is 32.2. The maximum absolute atomic E-state index is 12.3. The van der Waals surface area contributed by atoms with Crippen LogP contribution in [0.4, 0.5) is 0 Å². The number of methoxy groups -OCH3 is 1. The first-order valence-electron chi connectivity index (χ1n) is 7.96. The monoisotopic (exact) mass is 351 g/mol. The van der Waals surface area contributed by atoms with E-state index in [9.17, 15) is 4.79 Å². The van der Waals surface area contributed by atoms with Crippen molar-refractivity contribution in [3.05, 3.63) is 22.8 Å². The number of thioether (sulfide) groups is 1. The molecule has 0 saturated heterocycles. The number of aromatic nitrogens is 2. The first-order valence-corrected chi connectivity index (χ1v) is 8.84. The number of hydrogen-bond donors (Lipinski definition) is 1.